The van der Waals surface area contributed by atoms with E-state index in [0.29, 0.717) is 31.3 Å². The summed E-state index contributed by atoms with van der Waals surface area (Å²) in [6.45, 7) is 1.13. The summed E-state index contributed by atoms with van der Waals surface area (Å²) in [5.74, 6) is -0.234. The van der Waals surface area contributed by atoms with E-state index in [1.807, 2.05) is 30.3 Å². The van der Waals surface area contributed by atoms with E-state index >= 15 is 0 Å². The summed E-state index contributed by atoms with van der Waals surface area (Å²) in [7, 11) is 0. The lowest BCUT2D eigenvalue weighted by atomic mass is 10.1. The van der Waals surface area contributed by atoms with Gasteiger partial charge >= 0.3 is 0 Å². The Labute approximate surface area is 154 Å². The highest BCUT2D eigenvalue weighted by Gasteiger charge is 2.33. The molecule has 0 spiro atoms. The maximum atomic E-state index is 13.0. The number of rotatable bonds is 4. The highest BCUT2D eigenvalue weighted by molar-refractivity contribution is 5.98. The Balaban J connectivity index is 1.67. The minimum Gasteiger partial charge on any atom is -0.377 e. The number of ether oxygens (including phenoxy) is 1. The fraction of sp³-hybridized carbons (Fsp3) is 0.222. The number of amides is 2. The molecule has 0 aliphatic carbocycles. The van der Waals surface area contributed by atoms with E-state index in [0.717, 1.165) is 5.69 Å². The number of para-hydroxylation sites is 1. The van der Waals surface area contributed by atoms with Gasteiger partial charge in [-0.2, -0.15) is 5.10 Å². The molecule has 1 aromatic carbocycles. The van der Waals surface area contributed by atoms with Crippen molar-refractivity contribution < 1.29 is 14.3 Å². The van der Waals surface area contributed by atoms with Crippen LogP contribution < -0.4 is 5.73 Å². The first-order chi connectivity index (χ1) is 13.1. The maximum absolute atomic E-state index is 13.0. The first kappa shape index (κ1) is 17.0. The van der Waals surface area contributed by atoms with Gasteiger partial charge in [-0.25, -0.2) is 9.67 Å². The third-order valence-corrected chi connectivity index (χ3v) is 4.46. The predicted octanol–water partition coefficient (Wildman–Crippen LogP) is 0.908. The Morgan fingerprint density at radius 1 is 1.26 bits per heavy atom. The molecule has 3 aromatic rings. The largest absolute Gasteiger partial charge is 0.377 e. The zero-order valence-electron chi connectivity index (χ0n) is 14.4. The summed E-state index contributed by atoms with van der Waals surface area (Å²) in [6, 6.07) is 10.6. The van der Waals surface area contributed by atoms with Crippen LogP contribution in [-0.4, -0.2) is 56.2 Å². The van der Waals surface area contributed by atoms with Gasteiger partial charge in [0.25, 0.3) is 5.91 Å². The van der Waals surface area contributed by atoms with E-state index in [9.17, 15) is 9.59 Å². The molecule has 1 aliphatic rings. The summed E-state index contributed by atoms with van der Waals surface area (Å²) >= 11 is 0. The van der Waals surface area contributed by atoms with Gasteiger partial charge < -0.3 is 20.4 Å². The molecule has 0 saturated carbocycles. The third-order valence-electron chi connectivity index (χ3n) is 4.46. The van der Waals surface area contributed by atoms with Crippen LogP contribution in [0, 0.1) is 0 Å². The minimum atomic E-state index is -0.590. The molecule has 27 heavy (non-hydrogen) atoms. The molecular formula is C18H18N6O3. The van der Waals surface area contributed by atoms with E-state index in [-0.39, 0.29) is 11.5 Å². The summed E-state index contributed by atoms with van der Waals surface area (Å²) in [5, 5.41) is 4.30. The number of hydrogen-bond donors (Lipinski definition) is 2. The smallest absolute Gasteiger partial charge is 0.271 e. The van der Waals surface area contributed by atoms with Crippen molar-refractivity contribution >= 4 is 11.8 Å². The Morgan fingerprint density at radius 2 is 2.07 bits per heavy atom. The van der Waals surface area contributed by atoms with E-state index in [1.165, 1.54) is 18.6 Å². The van der Waals surface area contributed by atoms with Crippen molar-refractivity contribution in [2.75, 3.05) is 19.8 Å². The van der Waals surface area contributed by atoms with E-state index < -0.39 is 11.9 Å². The lowest BCUT2D eigenvalue weighted by molar-refractivity contribution is -0.00606. The number of carbonyl (C=O) groups is 2. The number of primary amides is 1. The molecule has 0 radical (unpaired) electrons. The molecule has 1 saturated heterocycles. The Kier molecular flexibility index (Phi) is 4.43. The zero-order chi connectivity index (χ0) is 18.8. The average molecular weight is 366 g/mol. The molecule has 1 fully saturated rings. The van der Waals surface area contributed by atoms with Crippen molar-refractivity contribution in [1.82, 2.24) is 24.6 Å². The van der Waals surface area contributed by atoms with Gasteiger partial charge in [0.05, 0.1) is 24.5 Å². The van der Waals surface area contributed by atoms with E-state index in [2.05, 4.69) is 15.1 Å². The van der Waals surface area contributed by atoms with Gasteiger partial charge in [0.1, 0.15) is 18.1 Å². The van der Waals surface area contributed by atoms with Crippen molar-refractivity contribution in [1.29, 1.82) is 0 Å². The maximum Gasteiger partial charge on any atom is 0.271 e. The van der Waals surface area contributed by atoms with Crippen molar-refractivity contribution in [3.05, 3.63) is 66.0 Å². The van der Waals surface area contributed by atoms with E-state index in [4.69, 9.17) is 10.5 Å². The second kappa shape index (κ2) is 7.04. The molecule has 3 heterocycles. The van der Waals surface area contributed by atoms with E-state index in [1.54, 1.807) is 9.58 Å². The normalized spacial score (nSPS) is 17.0. The number of nitrogens with two attached hydrogens (primary N) is 1. The van der Waals surface area contributed by atoms with Crippen LogP contribution in [0.1, 0.15) is 32.7 Å². The Hall–Kier alpha value is -3.46. The number of morpholine rings is 1. The first-order valence-electron chi connectivity index (χ1n) is 8.47. The molecular weight excluding hydrogens is 348 g/mol. The highest BCUT2D eigenvalue weighted by atomic mass is 16.5. The Morgan fingerprint density at radius 3 is 2.81 bits per heavy atom. The van der Waals surface area contributed by atoms with Gasteiger partial charge in [-0.15, -0.1) is 0 Å². The van der Waals surface area contributed by atoms with Gasteiger partial charge in [0.15, 0.2) is 5.82 Å². The minimum absolute atomic E-state index is 0.251. The topological polar surface area (TPSA) is 119 Å². The van der Waals surface area contributed by atoms with Crippen LogP contribution in [-0.2, 0) is 4.74 Å². The first-order valence-corrected chi connectivity index (χ1v) is 8.47. The third kappa shape index (κ3) is 3.20. The number of hydrogen-bond acceptors (Lipinski definition) is 5. The van der Waals surface area contributed by atoms with Crippen molar-refractivity contribution in [3.63, 3.8) is 0 Å². The molecule has 2 aromatic heterocycles. The number of aromatic nitrogens is 4. The second-order valence-corrected chi connectivity index (χ2v) is 6.12. The lowest BCUT2D eigenvalue weighted by Gasteiger charge is -2.34. The summed E-state index contributed by atoms with van der Waals surface area (Å²) in [6.07, 6.45) is 2.89. The van der Waals surface area contributed by atoms with Crippen LogP contribution in [0.4, 0.5) is 0 Å². The molecule has 0 bridgehead atoms. The lowest BCUT2D eigenvalue weighted by Crippen LogP contribution is -2.44. The van der Waals surface area contributed by atoms with Gasteiger partial charge in [-0.3, -0.25) is 9.59 Å². The van der Waals surface area contributed by atoms with Crippen molar-refractivity contribution in [3.8, 4) is 5.69 Å². The molecule has 138 valence electrons. The molecule has 1 atom stereocenters. The second-order valence-electron chi connectivity index (χ2n) is 6.12. The van der Waals surface area contributed by atoms with Crippen LogP contribution in [0.25, 0.3) is 5.69 Å². The average Bonchev–Trinajstić information content (AvgIpc) is 3.38. The van der Waals surface area contributed by atoms with Crippen molar-refractivity contribution in [2.45, 2.75) is 6.04 Å². The predicted molar refractivity (Wildman–Crippen MR) is 95.3 cm³/mol. The molecule has 1 aliphatic heterocycles. The molecule has 4 rings (SSSR count). The van der Waals surface area contributed by atoms with Gasteiger partial charge in [-0.05, 0) is 18.2 Å². The fourth-order valence-corrected chi connectivity index (χ4v) is 3.12. The standard InChI is InChI=1S/C18H18N6O3/c19-16(25)12-8-14(20-9-12)18(26)23-6-7-27-10-15(23)17-21-11-22-24(17)13-4-2-1-3-5-13/h1-5,8-9,11,15,20H,6-7,10H2,(H2,19,25). The number of nitrogens with zero attached hydrogens (tertiary/aromatic N) is 4. The SMILES string of the molecule is NC(=O)c1c[nH]c(C(=O)N2CCOCC2c2ncnn2-c2ccccc2)c1. The summed E-state index contributed by atoms with van der Waals surface area (Å²) in [5.41, 5.74) is 6.67. The van der Waals surface area contributed by atoms with Gasteiger partial charge in [0, 0.05) is 12.7 Å². The summed E-state index contributed by atoms with van der Waals surface area (Å²) < 4.78 is 7.29. The molecule has 9 nitrogen and oxygen atoms in total. The molecule has 2 amide bonds. The zero-order valence-corrected chi connectivity index (χ0v) is 14.4. The van der Waals surface area contributed by atoms with Crippen LogP contribution in [0.15, 0.2) is 48.9 Å². The molecule has 9 heteroatoms. The monoisotopic (exact) mass is 366 g/mol. The Bertz CT molecular complexity index is 964. The van der Waals surface area contributed by atoms with Crippen LogP contribution >= 0.6 is 0 Å². The van der Waals surface area contributed by atoms with Crippen LogP contribution in [0.2, 0.25) is 0 Å². The number of carbonyl (C=O) groups excluding carboxylic acids is 2. The fourth-order valence-electron chi connectivity index (χ4n) is 3.12. The van der Waals surface area contributed by atoms with Gasteiger partial charge in [-0.1, -0.05) is 18.2 Å². The summed E-state index contributed by atoms with van der Waals surface area (Å²) in [4.78, 5) is 33.2. The molecule has 1 unspecified atom stereocenters. The van der Waals surface area contributed by atoms with Crippen LogP contribution in [0.5, 0.6) is 0 Å². The number of H-pyrrole nitrogens is 1. The van der Waals surface area contributed by atoms with Crippen LogP contribution in [0.3, 0.4) is 0 Å². The number of aromatic amines is 1. The van der Waals surface area contributed by atoms with Gasteiger partial charge in [0.2, 0.25) is 5.91 Å². The van der Waals surface area contributed by atoms with Crippen molar-refractivity contribution in [2.24, 2.45) is 5.73 Å². The number of nitrogens with one attached hydrogen (secondary N) is 1. The molecule has 3 N–H and O–H groups in total. The highest BCUT2D eigenvalue weighted by Crippen LogP contribution is 2.26. The quantitative estimate of drug-likeness (QED) is 0.711. The number of benzene rings is 1.